The van der Waals surface area contributed by atoms with Crippen molar-refractivity contribution in [1.82, 2.24) is 16.0 Å². The van der Waals surface area contributed by atoms with Gasteiger partial charge >= 0.3 is 155 Å². The van der Waals surface area contributed by atoms with Gasteiger partial charge < -0.3 is 5.32 Å². The number of nitrogens with one attached hydrogen (secondary N) is 3. The summed E-state index contributed by atoms with van der Waals surface area (Å²) >= 11 is -0.761. The Bertz CT molecular complexity index is 1050. The number of amides is 4. The summed E-state index contributed by atoms with van der Waals surface area (Å²) in [5.41, 5.74) is 4.58. The van der Waals surface area contributed by atoms with Crippen molar-refractivity contribution in [3.8, 4) is 11.1 Å². The summed E-state index contributed by atoms with van der Waals surface area (Å²) in [6, 6.07) is 13.1. The van der Waals surface area contributed by atoms with Crippen molar-refractivity contribution in [3.63, 3.8) is 0 Å². The second kappa shape index (κ2) is 8.44. The van der Waals surface area contributed by atoms with Crippen LogP contribution < -0.4 is 20.3 Å². The van der Waals surface area contributed by atoms with Crippen molar-refractivity contribution >= 4 is 42.5 Å². The van der Waals surface area contributed by atoms with Crippen LogP contribution >= 0.6 is 0 Å². The van der Waals surface area contributed by atoms with E-state index in [0.29, 0.717) is 0 Å². The Morgan fingerprint density at radius 3 is 2.57 bits per heavy atom. The molecule has 2 aromatic rings. The minimum absolute atomic E-state index is 0.0290. The summed E-state index contributed by atoms with van der Waals surface area (Å²) in [6.07, 6.45) is 1.39. The first kappa shape index (κ1) is 20.4. The number of hydrogen-bond donors (Lipinski definition) is 3. The van der Waals surface area contributed by atoms with E-state index in [0.717, 1.165) is 28.3 Å². The molecule has 4 amide bonds. The van der Waals surface area contributed by atoms with Gasteiger partial charge in [0.15, 0.2) is 0 Å². The molecule has 1 aliphatic carbocycles. The van der Waals surface area contributed by atoms with E-state index in [1.54, 1.807) is 6.92 Å². The molecule has 3 atom stereocenters. The fourth-order valence-electron chi connectivity index (χ4n) is 3.95. The van der Waals surface area contributed by atoms with Gasteiger partial charge in [0.1, 0.15) is 0 Å². The van der Waals surface area contributed by atoms with Crippen LogP contribution in [0.5, 0.6) is 0 Å². The van der Waals surface area contributed by atoms with Crippen molar-refractivity contribution in [1.29, 1.82) is 0 Å². The summed E-state index contributed by atoms with van der Waals surface area (Å²) in [4.78, 5) is 46.5. The fourth-order valence-corrected chi connectivity index (χ4v) is 5.66. The van der Waals surface area contributed by atoms with Gasteiger partial charge in [0.25, 0.3) is 5.91 Å². The molecule has 2 aromatic carbocycles. The van der Waals surface area contributed by atoms with Crippen LogP contribution in [-0.4, -0.2) is 50.3 Å². The molecule has 0 aromatic heterocycles. The van der Waals surface area contributed by atoms with Crippen molar-refractivity contribution in [2.24, 2.45) is 0 Å². The molecular formula is C22H22AsN3O4. The molecule has 8 heteroatoms. The number of carbonyl (C=O) groups excluding carboxylic acids is 4. The molecule has 0 spiro atoms. The van der Waals surface area contributed by atoms with E-state index in [1.165, 1.54) is 11.1 Å². The zero-order valence-electron chi connectivity index (χ0n) is 16.5. The molecule has 154 valence electrons. The van der Waals surface area contributed by atoms with Gasteiger partial charge in [-0.15, -0.1) is 0 Å². The number of benzene rings is 2. The summed E-state index contributed by atoms with van der Waals surface area (Å²) < 4.78 is 1.38. The first-order valence-electron chi connectivity index (χ1n) is 9.78. The Kier molecular flexibility index (Phi) is 5.73. The fraction of sp³-hybridized carbons (Fsp3) is 0.273. The third kappa shape index (κ3) is 4.62. The van der Waals surface area contributed by atoms with Crippen molar-refractivity contribution in [3.05, 3.63) is 53.6 Å². The van der Waals surface area contributed by atoms with Gasteiger partial charge in [0, 0.05) is 0 Å². The van der Waals surface area contributed by atoms with Gasteiger partial charge in [-0.25, -0.2) is 4.79 Å². The van der Waals surface area contributed by atoms with E-state index < -0.39 is 33.7 Å². The third-order valence-corrected chi connectivity index (χ3v) is 7.27. The summed E-state index contributed by atoms with van der Waals surface area (Å²) in [5, 5.41) is 7.55. The van der Waals surface area contributed by atoms with Gasteiger partial charge in [-0.2, -0.15) is 0 Å². The molecule has 1 aliphatic heterocycles. The average molecular weight is 467 g/mol. The number of urea groups is 1. The number of rotatable bonds is 6. The van der Waals surface area contributed by atoms with Crippen molar-refractivity contribution < 1.29 is 19.2 Å². The Hall–Kier alpha value is -2.92. The zero-order chi connectivity index (χ0) is 21.3. The first-order chi connectivity index (χ1) is 14.4. The van der Waals surface area contributed by atoms with Crippen LogP contribution in [0, 0.1) is 0 Å². The Morgan fingerprint density at radius 1 is 1.07 bits per heavy atom. The van der Waals surface area contributed by atoms with Crippen LogP contribution in [0.2, 0.25) is 0 Å². The number of carbonyl (C=O) groups is 4. The quantitative estimate of drug-likeness (QED) is 0.416. The second-order valence-corrected chi connectivity index (χ2v) is 10.9. The van der Waals surface area contributed by atoms with Crippen LogP contribution in [0.4, 0.5) is 4.79 Å². The van der Waals surface area contributed by atoms with Crippen molar-refractivity contribution in [2.45, 2.75) is 38.3 Å². The minimum atomic E-state index is -0.807. The summed E-state index contributed by atoms with van der Waals surface area (Å²) in [6.45, 7) is 1.64. The number of imide groups is 1. The van der Waals surface area contributed by atoms with Crippen LogP contribution in [-0.2, 0) is 27.2 Å². The molecule has 3 unspecified atom stereocenters. The molecule has 1 fully saturated rings. The van der Waals surface area contributed by atoms with Gasteiger partial charge in [0.2, 0.25) is 0 Å². The molecule has 2 aliphatic rings. The standard InChI is InChI=1S/C22H22AsN3O4/c1-12(27)23-17-4-2-3-13(8-17)14-5-6-15-9-18(10-16(15)7-14)24-20(28)11-19-21(29)26-22(30)25-19/h2-8,18-19,23H,9-11H2,1H3,(H,24,28)(H2,25,26,29,30). The number of hydrogen-bond acceptors (Lipinski definition) is 4. The van der Waals surface area contributed by atoms with E-state index in [4.69, 9.17) is 0 Å². The number of fused-ring (bicyclic) bond motifs is 1. The third-order valence-electron chi connectivity index (χ3n) is 5.27. The molecule has 30 heavy (non-hydrogen) atoms. The van der Waals surface area contributed by atoms with Crippen LogP contribution in [0.15, 0.2) is 42.5 Å². The van der Waals surface area contributed by atoms with Crippen LogP contribution in [0.3, 0.4) is 0 Å². The SMILES string of the molecule is CC(=O)[AsH]c1cccc(-c2ccc3c(c2)CC(NC(=O)CC2NC(=O)NC2=O)C3)c1. The monoisotopic (exact) mass is 467 g/mol. The van der Waals surface area contributed by atoms with Gasteiger partial charge in [-0.05, 0) is 0 Å². The van der Waals surface area contributed by atoms with Gasteiger partial charge in [-0.1, -0.05) is 0 Å². The van der Waals surface area contributed by atoms with E-state index in [-0.39, 0.29) is 22.9 Å². The van der Waals surface area contributed by atoms with Gasteiger partial charge in [0.05, 0.1) is 0 Å². The molecule has 1 heterocycles. The molecule has 4 rings (SSSR count). The van der Waals surface area contributed by atoms with E-state index in [1.807, 2.05) is 18.2 Å². The molecular weight excluding hydrogens is 445 g/mol. The van der Waals surface area contributed by atoms with Crippen molar-refractivity contribution in [2.75, 3.05) is 0 Å². The van der Waals surface area contributed by atoms with E-state index in [9.17, 15) is 19.2 Å². The Morgan fingerprint density at radius 2 is 1.83 bits per heavy atom. The maximum absolute atomic E-state index is 12.3. The summed E-state index contributed by atoms with van der Waals surface area (Å²) in [5.74, 6) is -0.721. The molecule has 3 N–H and O–H groups in total. The first-order valence-corrected chi connectivity index (χ1v) is 11.9. The predicted molar refractivity (Wildman–Crippen MR) is 114 cm³/mol. The zero-order valence-corrected chi connectivity index (χ0v) is 18.5. The van der Waals surface area contributed by atoms with Crippen LogP contribution in [0.25, 0.3) is 11.1 Å². The normalized spacial score (nSPS) is 20.2. The Labute approximate surface area is 180 Å². The van der Waals surface area contributed by atoms with Gasteiger partial charge in [-0.3, -0.25) is 10.1 Å². The van der Waals surface area contributed by atoms with E-state index in [2.05, 4.69) is 40.2 Å². The molecule has 0 bridgehead atoms. The van der Waals surface area contributed by atoms with Crippen LogP contribution in [0.1, 0.15) is 24.5 Å². The van der Waals surface area contributed by atoms with E-state index >= 15 is 0 Å². The molecule has 0 saturated carbocycles. The summed E-state index contributed by atoms with van der Waals surface area (Å²) in [7, 11) is 0. The average Bonchev–Trinajstić information content (AvgIpc) is 3.22. The molecule has 7 nitrogen and oxygen atoms in total. The molecule has 1 saturated heterocycles. The maximum atomic E-state index is 12.3. The second-order valence-electron chi connectivity index (χ2n) is 7.64. The molecule has 0 radical (unpaired) electrons. The topological polar surface area (TPSA) is 104 Å². The Balaban J connectivity index is 1.40. The predicted octanol–water partition coefficient (Wildman–Crippen LogP) is 0.143.